The van der Waals surface area contributed by atoms with E-state index in [9.17, 15) is 43.2 Å². The summed E-state index contributed by atoms with van der Waals surface area (Å²) in [6.07, 6.45) is 71.8. The van der Waals surface area contributed by atoms with Crippen molar-refractivity contribution < 1.29 is 80.2 Å². The van der Waals surface area contributed by atoms with Gasteiger partial charge in [-0.3, -0.25) is 37.3 Å². The van der Waals surface area contributed by atoms with E-state index in [1.54, 1.807) is 0 Å². The molecule has 2 unspecified atom stereocenters. The van der Waals surface area contributed by atoms with Crippen molar-refractivity contribution in [2.45, 2.75) is 367 Å². The molecular formula is C79H142O17P2. The first-order valence-corrected chi connectivity index (χ1v) is 42.2. The van der Waals surface area contributed by atoms with Gasteiger partial charge in [-0.2, -0.15) is 0 Å². The van der Waals surface area contributed by atoms with Crippen LogP contribution in [0.3, 0.4) is 0 Å². The number of hydrogen-bond donors (Lipinski definition) is 3. The fourth-order valence-corrected chi connectivity index (χ4v) is 12.2. The van der Waals surface area contributed by atoms with E-state index in [0.717, 1.165) is 122 Å². The maximum atomic E-state index is 13.1. The minimum absolute atomic E-state index is 0.0229. The van der Waals surface area contributed by atoms with Crippen molar-refractivity contribution in [2.75, 3.05) is 39.6 Å². The van der Waals surface area contributed by atoms with Crippen molar-refractivity contribution in [3.05, 3.63) is 72.9 Å². The molecule has 3 N–H and O–H groups in total. The molecule has 0 saturated heterocycles. The molecule has 5 atom stereocenters. The Kier molecular flexibility index (Phi) is 69.3. The number of allylic oxidation sites excluding steroid dienone is 12. The van der Waals surface area contributed by atoms with Gasteiger partial charge in [-0.15, -0.1) is 0 Å². The molecule has 0 fully saturated rings. The number of aliphatic hydroxyl groups is 1. The van der Waals surface area contributed by atoms with E-state index in [2.05, 4.69) is 88.5 Å². The molecule has 0 spiro atoms. The summed E-state index contributed by atoms with van der Waals surface area (Å²) in [7, 11) is -9.96. The van der Waals surface area contributed by atoms with Gasteiger partial charge in [0.25, 0.3) is 0 Å². The lowest BCUT2D eigenvalue weighted by Gasteiger charge is -2.21. The minimum Gasteiger partial charge on any atom is -0.462 e. The maximum Gasteiger partial charge on any atom is 0.472 e. The number of rotatable bonds is 74. The highest BCUT2D eigenvalue weighted by molar-refractivity contribution is 7.47. The SMILES string of the molecule is CCCCC/C=C\C/C=C\C/C=C\C/C=C\CCCC(=O)O[C@H](COC(=O)CCCCCCCCCCCCCCCCC)COP(=O)(O)OC[C@H](O)COP(=O)(O)OC[C@@H](COC(=O)CCCCCCC/C=C\CCCCCC)OC(=O)CCCCCCC/C=C\CCCCCC. The van der Waals surface area contributed by atoms with Gasteiger partial charge in [0.1, 0.15) is 19.3 Å². The molecule has 570 valence electrons. The largest absolute Gasteiger partial charge is 0.472 e. The van der Waals surface area contributed by atoms with Crippen molar-refractivity contribution in [3.63, 3.8) is 0 Å². The van der Waals surface area contributed by atoms with E-state index in [0.29, 0.717) is 32.1 Å². The summed E-state index contributed by atoms with van der Waals surface area (Å²) >= 11 is 0. The maximum absolute atomic E-state index is 13.1. The molecule has 0 aliphatic rings. The van der Waals surface area contributed by atoms with Gasteiger partial charge in [-0.25, -0.2) is 9.13 Å². The van der Waals surface area contributed by atoms with Gasteiger partial charge in [0.05, 0.1) is 26.4 Å². The van der Waals surface area contributed by atoms with Gasteiger partial charge >= 0.3 is 39.5 Å². The third kappa shape index (κ3) is 70.9. The number of aliphatic hydroxyl groups excluding tert-OH is 1. The second-order valence-electron chi connectivity index (χ2n) is 26.3. The van der Waals surface area contributed by atoms with Crippen molar-refractivity contribution in [1.82, 2.24) is 0 Å². The summed E-state index contributed by atoms with van der Waals surface area (Å²) in [5.74, 6) is -2.23. The molecule has 0 radical (unpaired) electrons. The summed E-state index contributed by atoms with van der Waals surface area (Å²) in [6, 6.07) is 0. The zero-order chi connectivity index (χ0) is 71.8. The molecule has 0 aromatic rings. The Morgan fingerprint density at radius 3 is 0.847 bits per heavy atom. The lowest BCUT2D eigenvalue weighted by atomic mass is 10.0. The number of carbonyl (C=O) groups excluding carboxylic acids is 4. The topological polar surface area (TPSA) is 237 Å². The Morgan fingerprint density at radius 2 is 0.510 bits per heavy atom. The summed E-state index contributed by atoms with van der Waals surface area (Å²) in [6.45, 7) is 4.78. The molecule has 0 aliphatic heterocycles. The van der Waals surface area contributed by atoms with Crippen molar-refractivity contribution in [2.24, 2.45) is 0 Å². The Balaban J connectivity index is 5.38. The average molecular weight is 1430 g/mol. The third-order valence-corrected chi connectivity index (χ3v) is 18.5. The molecule has 0 heterocycles. The molecule has 0 amide bonds. The highest BCUT2D eigenvalue weighted by Crippen LogP contribution is 2.45. The van der Waals surface area contributed by atoms with Crippen LogP contribution in [0.15, 0.2) is 72.9 Å². The lowest BCUT2D eigenvalue weighted by Crippen LogP contribution is -2.30. The molecular weight excluding hydrogens is 1280 g/mol. The van der Waals surface area contributed by atoms with Crippen LogP contribution in [-0.4, -0.2) is 96.7 Å². The lowest BCUT2D eigenvalue weighted by molar-refractivity contribution is -0.161. The van der Waals surface area contributed by atoms with E-state index in [1.165, 1.54) is 141 Å². The Morgan fingerprint density at radius 1 is 0.286 bits per heavy atom. The monoisotopic (exact) mass is 1420 g/mol. The minimum atomic E-state index is -4.98. The molecule has 0 bridgehead atoms. The molecule has 0 aliphatic carbocycles. The molecule has 0 aromatic carbocycles. The first kappa shape index (κ1) is 94.5. The number of esters is 4. The van der Waals surface area contributed by atoms with Crippen molar-refractivity contribution in [3.8, 4) is 0 Å². The molecule has 0 aromatic heterocycles. The number of hydrogen-bond acceptors (Lipinski definition) is 15. The molecule has 0 rings (SSSR count). The van der Waals surface area contributed by atoms with Crippen LogP contribution in [-0.2, 0) is 65.4 Å². The van der Waals surface area contributed by atoms with Crippen LogP contribution in [0.25, 0.3) is 0 Å². The average Bonchev–Trinajstić information content (AvgIpc) is 1.02. The van der Waals surface area contributed by atoms with Gasteiger partial charge in [-0.1, -0.05) is 280 Å². The number of phosphoric ester groups is 2. The van der Waals surface area contributed by atoms with Gasteiger partial charge in [-0.05, 0) is 116 Å². The van der Waals surface area contributed by atoms with Gasteiger partial charge in [0.15, 0.2) is 12.2 Å². The molecule has 19 heteroatoms. The van der Waals surface area contributed by atoms with Crippen LogP contribution in [0.4, 0.5) is 0 Å². The predicted octanol–water partition coefficient (Wildman–Crippen LogP) is 22.4. The fourth-order valence-electron chi connectivity index (χ4n) is 10.6. The standard InChI is InChI=1S/C79H142O17P2/c1-5-9-13-17-21-25-29-33-35-36-38-42-46-50-54-58-62-66-79(84)96-75(70-90-77(82)64-60-56-52-48-44-41-37-34-30-26-22-18-14-10-6-2)72-94-98(87,88)92-68-73(80)67-91-97(85,86)93-71-74(95-78(83)65-61-57-53-49-45-40-32-28-24-20-16-12-8-4)69-89-76(81)63-59-55-51-47-43-39-31-27-23-19-15-11-7-3/h21,25,27-28,31-33,35,38,42,50,54,73-75,80H,5-20,22-24,26,29-30,34,36-37,39-41,43-49,51-53,55-72H2,1-4H3,(H,85,86)(H,87,88)/b25-21-,31-27-,32-28-,35-33-,42-38-,54-50-/t73-,74-,75-/m1/s1. The normalized spacial score (nSPS) is 14.3. The van der Waals surface area contributed by atoms with Crippen LogP contribution in [0.5, 0.6) is 0 Å². The summed E-state index contributed by atoms with van der Waals surface area (Å²) in [5.41, 5.74) is 0. The third-order valence-electron chi connectivity index (χ3n) is 16.6. The number of unbranched alkanes of at least 4 members (excludes halogenated alkanes) is 36. The number of ether oxygens (including phenoxy) is 4. The Bertz CT molecular complexity index is 2140. The van der Waals surface area contributed by atoms with E-state index in [4.69, 9.17) is 37.0 Å². The van der Waals surface area contributed by atoms with Crippen molar-refractivity contribution in [1.29, 1.82) is 0 Å². The van der Waals surface area contributed by atoms with Gasteiger partial charge < -0.3 is 33.8 Å². The fraction of sp³-hybridized carbons (Fsp3) is 0.797. The van der Waals surface area contributed by atoms with Crippen LogP contribution < -0.4 is 0 Å². The Labute approximate surface area is 596 Å². The summed E-state index contributed by atoms with van der Waals surface area (Å²) < 4.78 is 68.4. The first-order chi connectivity index (χ1) is 47.7. The predicted molar refractivity (Wildman–Crippen MR) is 400 cm³/mol. The van der Waals surface area contributed by atoms with E-state index in [-0.39, 0.29) is 25.7 Å². The molecule has 17 nitrogen and oxygen atoms in total. The van der Waals surface area contributed by atoms with Gasteiger partial charge in [0, 0.05) is 25.7 Å². The van der Waals surface area contributed by atoms with Crippen LogP contribution >= 0.6 is 15.6 Å². The highest BCUT2D eigenvalue weighted by Gasteiger charge is 2.30. The van der Waals surface area contributed by atoms with E-state index < -0.39 is 97.5 Å². The van der Waals surface area contributed by atoms with E-state index >= 15 is 0 Å². The zero-order valence-corrected chi connectivity index (χ0v) is 64.0. The van der Waals surface area contributed by atoms with Crippen LogP contribution in [0.2, 0.25) is 0 Å². The Hall–Kier alpha value is -3.50. The summed E-state index contributed by atoms with van der Waals surface area (Å²) in [5, 5.41) is 10.6. The summed E-state index contributed by atoms with van der Waals surface area (Å²) in [4.78, 5) is 72.8. The smallest absolute Gasteiger partial charge is 0.462 e. The number of carbonyl (C=O) groups is 4. The zero-order valence-electron chi connectivity index (χ0n) is 62.2. The second kappa shape index (κ2) is 71.9. The first-order valence-electron chi connectivity index (χ1n) is 39.2. The second-order valence-corrected chi connectivity index (χ2v) is 29.2. The van der Waals surface area contributed by atoms with Crippen molar-refractivity contribution >= 4 is 39.5 Å². The number of phosphoric acid groups is 2. The van der Waals surface area contributed by atoms with E-state index in [1.807, 2.05) is 12.2 Å². The van der Waals surface area contributed by atoms with Crippen LogP contribution in [0.1, 0.15) is 349 Å². The molecule has 98 heavy (non-hydrogen) atoms. The molecule has 0 saturated carbocycles. The van der Waals surface area contributed by atoms with Crippen LogP contribution in [0, 0.1) is 0 Å². The van der Waals surface area contributed by atoms with Gasteiger partial charge in [0.2, 0.25) is 0 Å². The highest BCUT2D eigenvalue weighted by atomic mass is 31.2. The quantitative estimate of drug-likeness (QED) is 0.0169.